The maximum atomic E-state index is 12.9. The molecule has 0 radical (unpaired) electrons. The van der Waals surface area contributed by atoms with Crippen LogP contribution in [0.25, 0.3) is 23.2 Å². The smallest absolute Gasteiger partial charge is 0.294 e. The summed E-state index contributed by atoms with van der Waals surface area (Å²) in [6.07, 6.45) is 3.50. The third-order valence-corrected chi connectivity index (χ3v) is 4.53. The summed E-state index contributed by atoms with van der Waals surface area (Å²) in [4.78, 5) is 12.9. The minimum absolute atomic E-state index is 0.0231. The van der Waals surface area contributed by atoms with E-state index in [0.717, 1.165) is 16.7 Å². The maximum absolute atomic E-state index is 12.9. The molecule has 32 heavy (non-hydrogen) atoms. The van der Waals surface area contributed by atoms with Crippen LogP contribution in [0.1, 0.15) is 28.5 Å². The van der Waals surface area contributed by atoms with Crippen LogP contribution in [-0.2, 0) is 0 Å². The van der Waals surface area contributed by atoms with Gasteiger partial charge in [0.25, 0.3) is 5.91 Å². The molecule has 10 nitrogen and oxygen atoms in total. The summed E-state index contributed by atoms with van der Waals surface area (Å²) in [7, 11) is 0. The number of amides is 1. The average Bonchev–Trinajstić information content (AvgIpc) is 3.41. The van der Waals surface area contributed by atoms with E-state index in [9.17, 15) is 4.79 Å². The minimum atomic E-state index is -0.536. The zero-order chi connectivity index (χ0) is 22.5. The van der Waals surface area contributed by atoms with E-state index in [1.807, 2.05) is 74.5 Å². The molecule has 4 rings (SSSR count). The normalized spacial score (nSPS) is 11.8. The summed E-state index contributed by atoms with van der Waals surface area (Å²) in [5.41, 5.74) is 12.4. The Kier molecular flexibility index (Phi) is 5.84. The molecule has 0 unspecified atom stereocenters. The summed E-state index contributed by atoms with van der Waals surface area (Å²) < 4.78 is 5.99. The standard InChI is InChI=1S/C22H20N8O2/c1-14-8-10-17(11-9-14)19-18(25-29-30(19)21-20(23)27-32-28-21)22(31)26-24-13-15(2)12-16-6-4-3-5-7-16/h3-13H,1-2H3,(H2,23,27)(H,26,31)/b15-12+,24-13-. The van der Waals surface area contributed by atoms with Gasteiger partial charge < -0.3 is 5.73 Å². The highest BCUT2D eigenvalue weighted by molar-refractivity contribution is 5.99. The SMILES string of the molecule is CC(/C=N\NC(=O)c1nnn(-c2nonc2N)c1-c1ccc(C)cc1)=C\c1ccccc1. The fourth-order valence-corrected chi connectivity index (χ4v) is 2.99. The van der Waals surface area contributed by atoms with Crippen molar-refractivity contribution in [2.45, 2.75) is 13.8 Å². The van der Waals surface area contributed by atoms with Gasteiger partial charge in [0, 0.05) is 5.56 Å². The van der Waals surface area contributed by atoms with Crippen molar-refractivity contribution in [3.05, 3.63) is 77.0 Å². The summed E-state index contributed by atoms with van der Waals surface area (Å²) >= 11 is 0. The molecule has 0 saturated heterocycles. The number of carbonyl (C=O) groups is 1. The number of hydrogen-bond donors (Lipinski definition) is 2. The van der Waals surface area contributed by atoms with Gasteiger partial charge in [-0.2, -0.15) is 9.78 Å². The van der Waals surface area contributed by atoms with Crippen molar-refractivity contribution in [3.8, 4) is 17.1 Å². The Morgan fingerprint density at radius 3 is 2.56 bits per heavy atom. The molecule has 2 aromatic carbocycles. The van der Waals surface area contributed by atoms with Gasteiger partial charge in [-0.3, -0.25) is 4.79 Å². The van der Waals surface area contributed by atoms with Crippen molar-refractivity contribution in [3.63, 3.8) is 0 Å². The van der Waals surface area contributed by atoms with Gasteiger partial charge in [-0.1, -0.05) is 71.5 Å². The third kappa shape index (κ3) is 4.43. The number of hydrazone groups is 1. The van der Waals surface area contributed by atoms with E-state index in [1.54, 1.807) is 6.21 Å². The summed E-state index contributed by atoms with van der Waals surface area (Å²) in [5.74, 6) is -0.377. The Morgan fingerprint density at radius 2 is 1.88 bits per heavy atom. The summed E-state index contributed by atoms with van der Waals surface area (Å²) in [6, 6.07) is 17.3. The molecule has 0 spiro atoms. The van der Waals surface area contributed by atoms with E-state index in [4.69, 9.17) is 5.73 Å². The van der Waals surface area contributed by atoms with Crippen molar-refractivity contribution in [2.24, 2.45) is 5.10 Å². The molecular formula is C22H20N8O2. The van der Waals surface area contributed by atoms with Crippen LogP contribution in [0.4, 0.5) is 5.82 Å². The Labute approximate surface area is 183 Å². The van der Waals surface area contributed by atoms with Gasteiger partial charge in [0.05, 0.1) is 6.21 Å². The minimum Gasteiger partial charge on any atom is -0.378 e. The number of aryl methyl sites for hydroxylation is 1. The number of rotatable bonds is 6. The Bertz CT molecular complexity index is 1290. The van der Waals surface area contributed by atoms with Gasteiger partial charge in [0.15, 0.2) is 5.69 Å². The van der Waals surface area contributed by atoms with Crippen LogP contribution in [0.2, 0.25) is 0 Å². The number of nitrogen functional groups attached to an aromatic ring is 1. The number of nitrogens with two attached hydrogens (primary N) is 1. The van der Waals surface area contributed by atoms with Gasteiger partial charge in [0.2, 0.25) is 11.6 Å². The van der Waals surface area contributed by atoms with Crippen molar-refractivity contribution in [2.75, 3.05) is 5.73 Å². The van der Waals surface area contributed by atoms with E-state index in [-0.39, 0.29) is 17.3 Å². The van der Waals surface area contributed by atoms with E-state index in [2.05, 4.69) is 35.8 Å². The van der Waals surface area contributed by atoms with Crippen LogP contribution in [-0.4, -0.2) is 37.4 Å². The second-order valence-electron chi connectivity index (χ2n) is 7.04. The van der Waals surface area contributed by atoms with E-state index in [0.29, 0.717) is 11.3 Å². The molecule has 1 amide bonds. The Balaban J connectivity index is 1.62. The summed E-state index contributed by atoms with van der Waals surface area (Å²) in [6.45, 7) is 3.85. The van der Waals surface area contributed by atoms with Crippen LogP contribution in [0.15, 0.2) is 69.9 Å². The number of nitrogens with one attached hydrogen (secondary N) is 1. The zero-order valence-electron chi connectivity index (χ0n) is 17.4. The van der Waals surface area contributed by atoms with Gasteiger partial charge in [0.1, 0.15) is 5.69 Å². The molecular weight excluding hydrogens is 408 g/mol. The first-order valence-corrected chi connectivity index (χ1v) is 9.71. The quantitative estimate of drug-likeness (QED) is 0.356. The van der Waals surface area contributed by atoms with Crippen LogP contribution in [0.3, 0.4) is 0 Å². The molecule has 2 heterocycles. The first-order chi connectivity index (χ1) is 15.5. The molecule has 160 valence electrons. The number of benzene rings is 2. The van der Waals surface area contributed by atoms with Gasteiger partial charge >= 0.3 is 0 Å². The van der Waals surface area contributed by atoms with Crippen LogP contribution in [0.5, 0.6) is 0 Å². The molecule has 3 N–H and O–H groups in total. The van der Waals surface area contributed by atoms with Crippen molar-refractivity contribution >= 4 is 24.0 Å². The second kappa shape index (κ2) is 9.04. The highest BCUT2D eigenvalue weighted by atomic mass is 16.6. The van der Waals surface area contributed by atoms with E-state index >= 15 is 0 Å². The molecule has 0 bridgehead atoms. The predicted molar refractivity (Wildman–Crippen MR) is 120 cm³/mol. The fraction of sp³-hybridized carbons (Fsp3) is 0.0909. The topological polar surface area (TPSA) is 137 Å². The Morgan fingerprint density at radius 1 is 1.12 bits per heavy atom. The maximum Gasteiger partial charge on any atom is 0.294 e. The Hall–Kier alpha value is -4.60. The largest absolute Gasteiger partial charge is 0.378 e. The molecule has 0 aliphatic heterocycles. The lowest BCUT2D eigenvalue weighted by Crippen LogP contribution is -2.19. The van der Waals surface area contributed by atoms with Crippen LogP contribution >= 0.6 is 0 Å². The molecule has 4 aromatic rings. The highest BCUT2D eigenvalue weighted by Gasteiger charge is 2.25. The first kappa shape index (κ1) is 20.7. The highest BCUT2D eigenvalue weighted by Crippen LogP contribution is 2.26. The average molecular weight is 428 g/mol. The molecule has 2 aromatic heterocycles. The number of hydrogen-bond acceptors (Lipinski definition) is 8. The summed E-state index contributed by atoms with van der Waals surface area (Å²) in [5, 5.41) is 19.4. The lowest BCUT2D eigenvalue weighted by atomic mass is 10.1. The number of carbonyl (C=O) groups excluding carboxylic acids is 1. The number of anilines is 1. The molecule has 0 saturated carbocycles. The lowest BCUT2D eigenvalue weighted by Gasteiger charge is -2.06. The molecule has 0 aliphatic rings. The van der Waals surface area contributed by atoms with Crippen molar-refractivity contribution in [1.29, 1.82) is 0 Å². The molecule has 0 aliphatic carbocycles. The lowest BCUT2D eigenvalue weighted by molar-refractivity contribution is 0.0950. The number of aromatic nitrogens is 5. The molecule has 0 fully saturated rings. The van der Waals surface area contributed by atoms with Gasteiger partial charge in [-0.05, 0) is 35.3 Å². The number of allylic oxidation sites excluding steroid dienone is 1. The number of nitrogens with zero attached hydrogens (tertiary/aromatic N) is 6. The van der Waals surface area contributed by atoms with Gasteiger partial charge in [-0.25, -0.2) is 10.1 Å². The first-order valence-electron chi connectivity index (χ1n) is 9.71. The monoisotopic (exact) mass is 428 g/mol. The van der Waals surface area contributed by atoms with Gasteiger partial charge in [-0.15, -0.1) is 5.10 Å². The van der Waals surface area contributed by atoms with Crippen molar-refractivity contribution in [1.82, 2.24) is 30.7 Å². The van der Waals surface area contributed by atoms with Crippen LogP contribution < -0.4 is 11.2 Å². The predicted octanol–water partition coefficient (Wildman–Crippen LogP) is 3.03. The molecule has 0 atom stereocenters. The third-order valence-electron chi connectivity index (χ3n) is 4.53. The molecule has 10 heteroatoms. The van der Waals surface area contributed by atoms with E-state index in [1.165, 1.54) is 4.68 Å². The second-order valence-corrected chi connectivity index (χ2v) is 7.04. The van der Waals surface area contributed by atoms with Crippen molar-refractivity contribution < 1.29 is 9.42 Å². The zero-order valence-corrected chi connectivity index (χ0v) is 17.4. The van der Waals surface area contributed by atoms with Crippen LogP contribution in [0, 0.1) is 6.92 Å². The fourth-order valence-electron chi connectivity index (χ4n) is 2.99. The van der Waals surface area contributed by atoms with E-state index < -0.39 is 5.91 Å².